The van der Waals surface area contributed by atoms with Gasteiger partial charge in [0.05, 0.1) is 17.3 Å². The molecule has 0 amide bonds. The fourth-order valence-electron chi connectivity index (χ4n) is 2.62. The lowest BCUT2D eigenvalue weighted by atomic mass is 9.87. The van der Waals surface area contributed by atoms with E-state index in [4.69, 9.17) is 11.0 Å². The Labute approximate surface area is 119 Å². The summed E-state index contributed by atoms with van der Waals surface area (Å²) in [6.45, 7) is 2.06. The van der Waals surface area contributed by atoms with Gasteiger partial charge in [-0.1, -0.05) is 19.8 Å². The highest BCUT2D eigenvalue weighted by Gasteiger charge is 2.27. The zero-order chi connectivity index (χ0) is 14.8. The number of nitrogens with one attached hydrogen (secondary N) is 1. The van der Waals surface area contributed by atoms with E-state index in [0.717, 1.165) is 25.7 Å². The number of rotatable bonds is 3. The van der Waals surface area contributed by atoms with Gasteiger partial charge in [0, 0.05) is 6.04 Å². The van der Waals surface area contributed by atoms with E-state index in [9.17, 15) is 8.42 Å². The molecular weight excluding hydrogens is 274 g/mol. The highest BCUT2D eigenvalue weighted by molar-refractivity contribution is 7.89. The van der Waals surface area contributed by atoms with Crippen LogP contribution < -0.4 is 10.5 Å². The van der Waals surface area contributed by atoms with Crippen LogP contribution in [0.5, 0.6) is 0 Å². The quantitative estimate of drug-likeness (QED) is 0.833. The van der Waals surface area contributed by atoms with Crippen LogP contribution in [-0.2, 0) is 10.0 Å². The lowest BCUT2D eigenvalue weighted by Crippen LogP contribution is -2.41. The summed E-state index contributed by atoms with van der Waals surface area (Å²) in [5.41, 5.74) is 6.22. The Morgan fingerprint density at radius 1 is 1.35 bits per heavy atom. The number of nitrogens with zero attached hydrogens (tertiary/aromatic N) is 1. The van der Waals surface area contributed by atoms with Gasteiger partial charge in [-0.05, 0) is 37.0 Å². The Kier molecular flexibility index (Phi) is 4.31. The number of nitrogens with two attached hydrogens (primary N) is 1. The predicted octanol–water partition coefficient (Wildman–Crippen LogP) is 2.00. The first-order chi connectivity index (χ1) is 9.44. The van der Waals surface area contributed by atoms with Crippen LogP contribution >= 0.6 is 0 Å². The molecule has 1 aromatic rings. The number of nitriles is 1. The second kappa shape index (κ2) is 5.81. The number of hydrogen-bond donors (Lipinski definition) is 2. The molecule has 20 heavy (non-hydrogen) atoms. The fourth-order valence-corrected chi connectivity index (χ4v) is 4.11. The van der Waals surface area contributed by atoms with Crippen molar-refractivity contribution in [2.24, 2.45) is 5.92 Å². The summed E-state index contributed by atoms with van der Waals surface area (Å²) in [7, 11) is -3.63. The van der Waals surface area contributed by atoms with Crippen molar-refractivity contribution in [3.05, 3.63) is 23.8 Å². The summed E-state index contributed by atoms with van der Waals surface area (Å²) in [5, 5.41) is 8.78. The van der Waals surface area contributed by atoms with Crippen LogP contribution in [0.4, 0.5) is 5.69 Å². The topological polar surface area (TPSA) is 96.0 Å². The van der Waals surface area contributed by atoms with Crippen LogP contribution in [0.25, 0.3) is 0 Å². The molecule has 2 atom stereocenters. The summed E-state index contributed by atoms with van der Waals surface area (Å²) in [6.07, 6.45) is 4.09. The van der Waals surface area contributed by atoms with Gasteiger partial charge in [0.1, 0.15) is 4.90 Å². The summed E-state index contributed by atoms with van der Waals surface area (Å²) < 4.78 is 27.5. The Hall–Kier alpha value is -1.58. The van der Waals surface area contributed by atoms with E-state index in [2.05, 4.69) is 11.6 Å². The predicted molar refractivity (Wildman–Crippen MR) is 77.3 cm³/mol. The molecule has 108 valence electrons. The smallest absolute Gasteiger partial charge is 0.242 e. The van der Waals surface area contributed by atoms with Crippen molar-refractivity contribution < 1.29 is 8.42 Å². The molecule has 1 aliphatic carbocycles. The number of nitrogen functional groups attached to an aromatic ring is 1. The lowest BCUT2D eigenvalue weighted by molar-refractivity contribution is 0.310. The highest BCUT2D eigenvalue weighted by atomic mass is 32.2. The lowest BCUT2D eigenvalue weighted by Gasteiger charge is -2.29. The van der Waals surface area contributed by atoms with Crippen molar-refractivity contribution in [3.63, 3.8) is 0 Å². The molecule has 6 heteroatoms. The number of anilines is 1. The van der Waals surface area contributed by atoms with E-state index in [0.29, 0.717) is 11.5 Å². The minimum Gasteiger partial charge on any atom is -0.398 e. The molecule has 5 nitrogen and oxygen atoms in total. The summed E-state index contributed by atoms with van der Waals surface area (Å²) in [5.74, 6) is 0.332. The molecule has 2 rings (SSSR count). The minimum atomic E-state index is -3.63. The molecule has 1 fully saturated rings. The monoisotopic (exact) mass is 293 g/mol. The number of benzene rings is 1. The van der Waals surface area contributed by atoms with Crippen LogP contribution in [0.2, 0.25) is 0 Å². The molecule has 1 aliphatic rings. The van der Waals surface area contributed by atoms with E-state index in [1.165, 1.54) is 18.2 Å². The van der Waals surface area contributed by atoms with E-state index in [-0.39, 0.29) is 16.6 Å². The second-order valence-corrected chi connectivity index (χ2v) is 7.04. The largest absolute Gasteiger partial charge is 0.398 e. The average Bonchev–Trinajstić information content (AvgIpc) is 2.40. The summed E-state index contributed by atoms with van der Waals surface area (Å²) >= 11 is 0. The first-order valence-electron chi connectivity index (χ1n) is 6.76. The van der Waals surface area contributed by atoms with Gasteiger partial charge in [0.25, 0.3) is 0 Å². The molecule has 2 unspecified atom stereocenters. The molecule has 1 saturated carbocycles. The Balaban J connectivity index is 2.24. The van der Waals surface area contributed by atoms with E-state index < -0.39 is 10.0 Å². The van der Waals surface area contributed by atoms with Gasteiger partial charge >= 0.3 is 0 Å². The number of sulfonamides is 1. The summed E-state index contributed by atoms with van der Waals surface area (Å²) in [4.78, 5) is 0.0503. The minimum absolute atomic E-state index is 0.0382. The Morgan fingerprint density at radius 2 is 2.05 bits per heavy atom. The van der Waals surface area contributed by atoms with E-state index >= 15 is 0 Å². The molecule has 0 radical (unpaired) electrons. The molecule has 0 bridgehead atoms. The van der Waals surface area contributed by atoms with Crippen LogP contribution in [0.15, 0.2) is 23.1 Å². The standard InChI is InChI=1S/C14H19N3O2S/c1-10-4-2-3-5-13(10)17-20(18,19)14-7-6-11(9-15)8-12(14)16/h6-8,10,13,17H,2-5,16H2,1H3. The number of hydrogen-bond acceptors (Lipinski definition) is 4. The molecule has 0 saturated heterocycles. The normalized spacial score (nSPS) is 23.2. The van der Waals surface area contributed by atoms with Crippen molar-refractivity contribution in [2.75, 3.05) is 5.73 Å². The zero-order valence-electron chi connectivity index (χ0n) is 11.5. The van der Waals surface area contributed by atoms with Gasteiger partial charge in [-0.15, -0.1) is 0 Å². The maximum Gasteiger partial charge on any atom is 0.242 e. The SMILES string of the molecule is CC1CCCCC1NS(=O)(=O)c1ccc(C#N)cc1N. The summed E-state index contributed by atoms with van der Waals surface area (Å²) in [6, 6.07) is 6.15. The maximum absolute atomic E-state index is 12.4. The van der Waals surface area contributed by atoms with Crippen molar-refractivity contribution in [2.45, 2.75) is 43.5 Å². The van der Waals surface area contributed by atoms with E-state index in [1.54, 1.807) is 0 Å². The van der Waals surface area contributed by atoms with Crippen molar-refractivity contribution >= 4 is 15.7 Å². The van der Waals surface area contributed by atoms with Crippen molar-refractivity contribution in [3.8, 4) is 6.07 Å². The van der Waals surface area contributed by atoms with Gasteiger partial charge in [0.2, 0.25) is 10.0 Å². The fraction of sp³-hybridized carbons (Fsp3) is 0.500. The van der Waals surface area contributed by atoms with Gasteiger partial charge in [0.15, 0.2) is 0 Å². The van der Waals surface area contributed by atoms with Gasteiger partial charge in [-0.2, -0.15) is 5.26 Å². The molecule has 0 heterocycles. The Morgan fingerprint density at radius 3 is 2.65 bits per heavy atom. The zero-order valence-corrected chi connectivity index (χ0v) is 12.3. The van der Waals surface area contributed by atoms with Crippen molar-refractivity contribution in [1.29, 1.82) is 5.26 Å². The van der Waals surface area contributed by atoms with Crippen molar-refractivity contribution in [1.82, 2.24) is 4.72 Å². The van der Waals surface area contributed by atoms with Gasteiger partial charge in [-0.25, -0.2) is 13.1 Å². The van der Waals surface area contributed by atoms with E-state index in [1.807, 2.05) is 6.07 Å². The molecule has 0 aliphatic heterocycles. The second-order valence-electron chi connectivity index (χ2n) is 5.35. The molecule has 1 aromatic carbocycles. The third kappa shape index (κ3) is 3.11. The van der Waals surface area contributed by atoms with Gasteiger partial charge < -0.3 is 5.73 Å². The first-order valence-corrected chi connectivity index (χ1v) is 8.24. The average molecular weight is 293 g/mol. The third-order valence-electron chi connectivity index (χ3n) is 3.85. The Bertz CT molecular complexity index is 634. The highest BCUT2D eigenvalue weighted by Crippen LogP contribution is 2.26. The van der Waals surface area contributed by atoms with Crippen LogP contribution in [0, 0.1) is 17.2 Å². The van der Waals surface area contributed by atoms with Crippen LogP contribution in [-0.4, -0.2) is 14.5 Å². The van der Waals surface area contributed by atoms with Crippen LogP contribution in [0.1, 0.15) is 38.2 Å². The third-order valence-corrected chi connectivity index (χ3v) is 5.41. The molecule has 3 N–H and O–H groups in total. The molecule has 0 aromatic heterocycles. The maximum atomic E-state index is 12.4. The van der Waals surface area contributed by atoms with Crippen LogP contribution in [0.3, 0.4) is 0 Å². The molecule has 0 spiro atoms. The first kappa shape index (κ1) is 14.8. The molecular formula is C14H19N3O2S. The van der Waals surface area contributed by atoms with Gasteiger partial charge in [-0.3, -0.25) is 0 Å².